The zero-order chi connectivity index (χ0) is 22.2. The van der Waals surface area contributed by atoms with Crippen molar-refractivity contribution in [2.45, 2.75) is 18.0 Å². The third-order valence-electron chi connectivity index (χ3n) is 5.21. The summed E-state index contributed by atoms with van der Waals surface area (Å²) in [6.45, 7) is 0. The summed E-state index contributed by atoms with van der Waals surface area (Å²) in [5.41, 5.74) is 0. The Morgan fingerprint density at radius 1 is 0.576 bits per heavy atom. The van der Waals surface area contributed by atoms with Crippen molar-refractivity contribution >= 4 is 60.3 Å². The Labute approximate surface area is 223 Å². The van der Waals surface area contributed by atoms with Gasteiger partial charge in [0.2, 0.25) is 0 Å². The van der Waals surface area contributed by atoms with E-state index in [4.69, 9.17) is 23.2 Å². The largest absolute Gasteiger partial charge is 0.340 e. The van der Waals surface area contributed by atoms with E-state index in [1.165, 1.54) is 21.2 Å². The van der Waals surface area contributed by atoms with Crippen molar-refractivity contribution in [3.63, 3.8) is 0 Å². The molecule has 0 nitrogen and oxygen atoms in total. The summed E-state index contributed by atoms with van der Waals surface area (Å²) in [7, 11) is -1.41. The molecule has 5 heteroatoms. The molecule has 0 N–H and O–H groups in total. The molecule has 0 aliphatic carbocycles. The van der Waals surface area contributed by atoms with Gasteiger partial charge in [0.15, 0.2) is 0 Å². The fraction of sp³-hybridized carbons (Fsp3) is 0.107. The predicted molar refractivity (Wildman–Crippen MR) is 146 cm³/mol. The summed E-state index contributed by atoms with van der Waals surface area (Å²) >= 11 is 14.2. The first-order valence-electron chi connectivity index (χ1n) is 10.7. The van der Waals surface area contributed by atoms with Crippen LogP contribution in [0.2, 0.25) is 0 Å². The average Bonchev–Trinajstić information content (AvgIpc) is 2.86. The normalized spacial score (nSPS) is 12.0. The number of benzene rings is 4. The van der Waals surface area contributed by atoms with Crippen LogP contribution < -0.4 is 21.2 Å². The Bertz CT molecular complexity index is 898. The van der Waals surface area contributed by atoms with Gasteiger partial charge in [-0.2, -0.15) is 19.5 Å². The Hall–Kier alpha value is -1.02. The number of alkyl halides is 1. The maximum absolute atomic E-state index is 7.12. The van der Waals surface area contributed by atoms with Crippen LogP contribution >= 0.6 is 39.0 Å². The van der Waals surface area contributed by atoms with E-state index >= 15 is 0 Å². The van der Waals surface area contributed by atoms with E-state index in [2.05, 4.69) is 121 Å². The van der Waals surface area contributed by atoms with Gasteiger partial charge in [0, 0.05) is 20.4 Å². The standard InChI is InChI=1S/C28H25Cl2P2.Pd/c29-27(31(23-13-5-1-6-14-23)24-15-7-2-8-16-24)21-22-28(30)32(25-17-9-3-10-18-25)26-19-11-4-12-20-26;/h1-20,27H,21-22H2;/q-1;. The van der Waals surface area contributed by atoms with Gasteiger partial charge in [-0.1, -0.05) is 128 Å². The van der Waals surface area contributed by atoms with Gasteiger partial charge in [-0.15, -0.1) is 11.6 Å². The van der Waals surface area contributed by atoms with Gasteiger partial charge in [0.05, 0.1) is 5.12 Å². The molecule has 0 bridgehead atoms. The number of rotatable bonds is 9. The second-order valence-electron chi connectivity index (χ2n) is 7.40. The molecule has 4 rings (SSSR count). The Balaban J connectivity index is 0.00000306. The van der Waals surface area contributed by atoms with Crippen LogP contribution in [0.4, 0.5) is 0 Å². The van der Waals surface area contributed by atoms with Crippen LogP contribution in [0.25, 0.3) is 0 Å². The SMILES string of the molecule is Cl[C-](CCC(Cl)P(c1ccccc1)c1ccccc1)P(c1ccccc1)c1ccccc1.[Pd]. The molecule has 0 spiro atoms. The molecule has 0 amide bonds. The Morgan fingerprint density at radius 2 is 0.909 bits per heavy atom. The number of hydrogen-bond donors (Lipinski definition) is 0. The summed E-state index contributed by atoms with van der Waals surface area (Å²) in [5.74, 6) is 0. The van der Waals surface area contributed by atoms with Gasteiger partial charge in [0.1, 0.15) is 0 Å². The van der Waals surface area contributed by atoms with Crippen LogP contribution in [0.1, 0.15) is 12.8 Å². The van der Waals surface area contributed by atoms with Gasteiger partial charge in [-0.25, -0.2) is 0 Å². The van der Waals surface area contributed by atoms with E-state index < -0.39 is 15.8 Å². The summed E-state index contributed by atoms with van der Waals surface area (Å²) in [6.07, 6.45) is 1.64. The molecule has 0 aliphatic rings. The smallest absolute Gasteiger partial charge is 0.0592 e. The third-order valence-corrected chi connectivity index (χ3v) is 11.6. The number of hydrogen-bond acceptors (Lipinski definition) is 0. The molecule has 0 saturated carbocycles. The van der Waals surface area contributed by atoms with E-state index in [0.717, 1.165) is 18.0 Å². The maximum atomic E-state index is 7.12. The quantitative estimate of drug-likeness (QED) is 0.0818. The fourth-order valence-electron chi connectivity index (χ4n) is 3.71. The van der Waals surface area contributed by atoms with Gasteiger partial charge in [0.25, 0.3) is 0 Å². The van der Waals surface area contributed by atoms with Crippen molar-refractivity contribution in [3.8, 4) is 0 Å². The molecule has 0 aromatic heterocycles. The molecule has 33 heavy (non-hydrogen) atoms. The Kier molecular flexibility index (Phi) is 11.1. The van der Waals surface area contributed by atoms with Crippen molar-refractivity contribution in [1.82, 2.24) is 0 Å². The molecule has 1 unspecified atom stereocenters. The molecule has 0 radical (unpaired) electrons. The van der Waals surface area contributed by atoms with Crippen molar-refractivity contribution in [2.75, 3.05) is 0 Å². The second kappa shape index (κ2) is 13.8. The minimum atomic E-state index is -0.740. The first-order valence-corrected chi connectivity index (χ1v) is 14.3. The molecule has 0 fully saturated rings. The number of halogens is 2. The van der Waals surface area contributed by atoms with E-state index in [-0.39, 0.29) is 25.5 Å². The molecule has 4 aromatic carbocycles. The molecular weight excluding hydrogens is 576 g/mol. The predicted octanol–water partition coefficient (Wildman–Crippen LogP) is 7.32. The zero-order valence-electron chi connectivity index (χ0n) is 18.0. The minimum absolute atomic E-state index is 0. The Morgan fingerprint density at radius 3 is 1.27 bits per heavy atom. The molecule has 0 saturated heterocycles. The molecule has 0 aliphatic heterocycles. The van der Waals surface area contributed by atoms with E-state index in [1.54, 1.807) is 0 Å². The van der Waals surface area contributed by atoms with Crippen LogP contribution in [-0.2, 0) is 20.4 Å². The third kappa shape index (κ3) is 7.23. The van der Waals surface area contributed by atoms with E-state index in [1.807, 2.05) is 0 Å². The topological polar surface area (TPSA) is 0 Å². The zero-order valence-corrected chi connectivity index (χ0v) is 22.9. The van der Waals surface area contributed by atoms with Crippen molar-refractivity contribution < 1.29 is 20.4 Å². The first kappa shape index (κ1) is 26.6. The summed E-state index contributed by atoms with van der Waals surface area (Å²) in [5, 5.41) is 6.17. The van der Waals surface area contributed by atoms with Gasteiger partial charge < -0.3 is 11.6 Å². The van der Waals surface area contributed by atoms with E-state index in [0.29, 0.717) is 0 Å². The van der Waals surface area contributed by atoms with Crippen LogP contribution in [-0.4, -0.2) is 5.12 Å². The monoisotopic (exact) mass is 599 g/mol. The molecular formula is C28H25Cl2P2Pd-. The van der Waals surface area contributed by atoms with Gasteiger partial charge in [-0.3, -0.25) is 0 Å². The van der Waals surface area contributed by atoms with Crippen molar-refractivity contribution in [2.24, 2.45) is 0 Å². The van der Waals surface area contributed by atoms with Gasteiger partial charge in [-0.05, 0) is 29.1 Å². The van der Waals surface area contributed by atoms with Crippen LogP contribution in [0.3, 0.4) is 0 Å². The van der Waals surface area contributed by atoms with Crippen LogP contribution in [0.5, 0.6) is 0 Å². The van der Waals surface area contributed by atoms with Crippen molar-refractivity contribution in [3.05, 3.63) is 126 Å². The minimum Gasteiger partial charge on any atom is -0.340 e. The molecule has 0 heterocycles. The fourth-order valence-corrected chi connectivity index (χ4v) is 9.66. The maximum Gasteiger partial charge on any atom is 0.0592 e. The van der Waals surface area contributed by atoms with Crippen LogP contribution in [0, 0.1) is 5.12 Å². The average molecular weight is 601 g/mol. The van der Waals surface area contributed by atoms with Gasteiger partial charge >= 0.3 is 0 Å². The molecule has 1 atom stereocenters. The second-order valence-corrected chi connectivity index (χ2v) is 13.6. The summed E-state index contributed by atoms with van der Waals surface area (Å²) in [6, 6.07) is 42.5. The molecule has 172 valence electrons. The first-order chi connectivity index (χ1) is 15.7. The summed E-state index contributed by atoms with van der Waals surface area (Å²) in [4.78, 5) is 0. The summed E-state index contributed by atoms with van der Waals surface area (Å²) < 4.78 is 0. The van der Waals surface area contributed by atoms with E-state index in [9.17, 15) is 0 Å². The molecule has 4 aromatic rings. The van der Waals surface area contributed by atoms with Crippen LogP contribution in [0.15, 0.2) is 121 Å². The van der Waals surface area contributed by atoms with Crippen molar-refractivity contribution in [1.29, 1.82) is 0 Å².